The summed E-state index contributed by atoms with van der Waals surface area (Å²) < 4.78 is 0. The first-order chi connectivity index (χ1) is 7.24. The number of hydrogen-bond donors (Lipinski definition) is 1. The van der Waals surface area contributed by atoms with Gasteiger partial charge >= 0.3 is 5.97 Å². The summed E-state index contributed by atoms with van der Waals surface area (Å²) in [4.78, 5) is 14.4. The van der Waals surface area contributed by atoms with E-state index in [1.807, 2.05) is 30.3 Å². The van der Waals surface area contributed by atoms with Crippen LogP contribution < -0.4 is 0 Å². The van der Waals surface area contributed by atoms with Crippen molar-refractivity contribution in [3.8, 4) is 0 Å². The Labute approximate surface area is 92.8 Å². The van der Waals surface area contributed by atoms with Gasteiger partial charge in [0.25, 0.3) is 0 Å². The molecule has 0 bridgehead atoms. The Balaban J connectivity index is 2.93. The van der Waals surface area contributed by atoms with Crippen LogP contribution in [0.5, 0.6) is 0 Å². The lowest BCUT2D eigenvalue weighted by Gasteiger charge is -1.97. The van der Waals surface area contributed by atoms with Crippen LogP contribution in [0.4, 0.5) is 0 Å². The highest BCUT2D eigenvalue weighted by atomic mass is 32.1. The van der Waals surface area contributed by atoms with Crippen LogP contribution in [-0.4, -0.2) is 22.8 Å². The summed E-state index contributed by atoms with van der Waals surface area (Å²) >= 11 is 4.38. The number of benzene rings is 1. The van der Waals surface area contributed by atoms with Gasteiger partial charge in [-0.15, -0.1) is 0 Å². The predicted octanol–water partition coefficient (Wildman–Crippen LogP) is 2.26. The largest absolute Gasteiger partial charge is 0.478 e. The molecule has 0 aromatic heterocycles. The minimum atomic E-state index is -0.993. The van der Waals surface area contributed by atoms with Crippen LogP contribution >= 0.6 is 12.2 Å². The van der Waals surface area contributed by atoms with Crippen molar-refractivity contribution in [2.75, 3.05) is 6.54 Å². The molecule has 0 radical (unpaired) electrons. The van der Waals surface area contributed by atoms with Crippen LogP contribution in [-0.2, 0) is 4.79 Å². The molecule has 1 aromatic carbocycles. The second kappa shape index (κ2) is 5.86. The Kier molecular flexibility index (Phi) is 4.41. The van der Waals surface area contributed by atoms with Crippen LogP contribution in [0.15, 0.2) is 40.9 Å². The summed E-state index contributed by atoms with van der Waals surface area (Å²) in [5.74, 6) is -0.993. The van der Waals surface area contributed by atoms with Gasteiger partial charge in [0.1, 0.15) is 0 Å². The van der Waals surface area contributed by atoms with Gasteiger partial charge in [0.05, 0.1) is 17.3 Å². The molecule has 0 heterocycles. The van der Waals surface area contributed by atoms with Gasteiger partial charge in [0.15, 0.2) is 0 Å². The van der Waals surface area contributed by atoms with Crippen molar-refractivity contribution < 1.29 is 9.90 Å². The monoisotopic (exact) mass is 219 g/mol. The molecule has 1 rings (SSSR count). The van der Waals surface area contributed by atoms with Crippen LogP contribution in [0.1, 0.15) is 5.56 Å². The molecule has 4 heteroatoms. The fourth-order valence-corrected chi connectivity index (χ4v) is 1.11. The minimum Gasteiger partial charge on any atom is -0.478 e. The third-order valence-electron chi connectivity index (χ3n) is 1.73. The number of hydrogen-bond acceptors (Lipinski definition) is 3. The maximum Gasteiger partial charge on any atom is 0.333 e. The maximum atomic E-state index is 10.8. The van der Waals surface area contributed by atoms with Crippen molar-refractivity contribution in [3.05, 3.63) is 41.5 Å². The second-order valence-electron chi connectivity index (χ2n) is 2.79. The molecule has 0 amide bonds. The van der Waals surface area contributed by atoms with E-state index in [0.717, 1.165) is 5.56 Å². The topological polar surface area (TPSA) is 49.7 Å². The lowest BCUT2D eigenvalue weighted by atomic mass is 10.1. The van der Waals surface area contributed by atoms with Crippen molar-refractivity contribution in [2.45, 2.75) is 0 Å². The zero-order valence-corrected chi connectivity index (χ0v) is 8.70. The van der Waals surface area contributed by atoms with Crippen LogP contribution in [0.25, 0.3) is 6.08 Å². The first-order valence-electron chi connectivity index (χ1n) is 4.26. The number of nitrogens with zero attached hydrogens (tertiary/aromatic N) is 1. The van der Waals surface area contributed by atoms with E-state index in [1.54, 1.807) is 6.08 Å². The maximum absolute atomic E-state index is 10.8. The highest BCUT2D eigenvalue weighted by molar-refractivity contribution is 7.78. The predicted molar refractivity (Wildman–Crippen MR) is 61.9 cm³/mol. The number of isothiocyanates is 1. The zero-order valence-electron chi connectivity index (χ0n) is 7.88. The van der Waals surface area contributed by atoms with E-state index in [2.05, 4.69) is 22.4 Å². The third-order valence-corrected chi connectivity index (χ3v) is 1.86. The molecule has 0 saturated carbocycles. The van der Waals surface area contributed by atoms with E-state index in [-0.39, 0.29) is 12.1 Å². The molecule has 0 saturated heterocycles. The second-order valence-corrected chi connectivity index (χ2v) is 2.98. The summed E-state index contributed by atoms with van der Waals surface area (Å²) in [6.45, 7) is 0.0493. The molecule has 76 valence electrons. The molecule has 0 spiro atoms. The van der Waals surface area contributed by atoms with Gasteiger partial charge in [-0.2, -0.15) is 0 Å². The molecule has 0 fully saturated rings. The average Bonchev–Trinajstić information content (AvgIpc) is 2.25. The van der Waals surface area contributed by atoms with Crippen molar-refractivity contribution in [1.82, 2.24) is 0 Å². The minimum absolute atomic E-state index is 0.0493. The van der Waals surface area contributed by atoms with E-state index in [1.165, 1.54) is 0 Å². The molecule has 0 aliphatic rings. The van der Waals surface area contributed by atoms with Crippen LogP contribution in [0, 0.1) is 0 Å². The third kappa shape index (κ3) is 3.85. The van der Waals surface area contributed by atoms with Crippen LogP contribution in [0.3, 0.4) is 0 Å². The number of aliphatic carboxylic acids is 1. The molecule has 3 nitrogen and oxygen atoms in total. The van der Waals surface area contributed by atoms with Crippen molar-refractivity contribution >= 4 is 29.4 Å². The molecule has 1 N–H and O–H groups in total. The number of rotatable bonds is 4. The Morgan fingerprint density at radius 3 is 2.67 bits per heavy atom. The van der Waals surface area contributed by atoms with Gasteiger partial charge < -0.3 is 5.11 Å². The molecule has 1 aromatic rings. The van der Waals surface area contributed by atoms with Gasteiger partial charge in [0.2, 0.25) is 0 Å². The van der Waals surface area contributed by atoms with Gasteiger partial charge in [-0.25, -0.2) is 9.79 Å². The van der Waals surface area contributed by atoms with Crippen LogP contribution in [0.2, 0.25) is 0 Å². The fourth-order valence-electron chi connectivity index (χ4n) is 1.04. The lowest BCUT2D eigenvalue weighted by Crippen LogP contribution is -2.03. The van der Waals surface area contributed by atoms with Crippen molar-refractivity contribution in [2.24, 2.45) is 4.99 Å². The highest BCUT2D eigenvalue weighted by Gasteiger charge is 2.05. The Hall–Kier alpha value is -1.77. The number of carbonyl (C=O) groups is 1. The molecule has 0 atom stereocenters. The smallest absolute Gasteiger partial charge is 0.333 e. The number of thiocarbonyl (C=S) groups is 1. The molecule has 0 aliphatic heterocycles. The van der Waals surface area contributed by atoms with Gasteiger partial charge in [-0.1, -0.05) is 30.3 Å². The van der Waals surface area contributed by atoms with E-state index in [4.69, 9.17) is 5.11 Å². The number of carboxylic acids is 1. The Bertz CT molecular complexity index is 419. The zero-order chi connectivity index (χ0) is 11.1. The molecule has 15 heavy (non-hydrogen) atoms. The molecule has 0 unspecified atom stereocenters. The first-order valence-corrected chi connectivity index (χ1v) is 4.67. The van der Waals surface area contributed by atoms with Crippen molar-refractivity contribution in [1.29, 1.82) is 0 Å². The van der Waals surface area contributed by atoms with Gasteiger partial charge in [0, 0.05) is 0 Å². The summed E-state index contributed by atoms with van der Waals surface area (Å²) in [6, 6.07) is 9.20. The van der Waals surface area contributed by atoms with E-state index >= 15 is 0 Å². The number of aliphatic imine (C=N–C) groups is 1. The molecular weight excluding hydrogens is 210 g/mol. The Morgan fingerprint density at radius 2 is 2.13 bits per heavy atom. The first kappa shape index (κ1) is 11.3. The average molecular weight is 219 g/mol. The fraction of sp³-hybridized carbons (Fsp3) is 0.0909. The van der Waals surface area contributed by atoms with Gasteiger partial charge in [-0.05, 0) is 23.9 Å². The lowest BCUT2D eigenvalue weighted by molar-refractivity contribution is -0.132. The standard InChI is InChI=1S/C11H9NO2S/c13-11(14)10(7-12-8-15)6-9-4-2-1-3-5-9/h1-6H,7H2,(H,13,14). The molecular formula is C11H9NO2S. The highest BCUT2D eigenvalue weighted by Crippen LogP contribution is 2.07. The Morgan fingerprint density at radius 1 is 1.47 bits per heavy atom. The van der Waals surface area contributed by atoms with Gasteiger partial charge in [-0.3, -0.25) is 0 Å². The van der Waals surface area contributed by atoms with E-state index in [9.17, 15) is 4.79 Å². The summed E-state index contributed by atoms with van der Waals surface area (Å²) in [7, 11) is 0. The SMILES string of the molecule is O=C(O)C(=Cc1ccccc1)CN=C=S. The normalized spacial score (nSPS) is 10.5. The van der Waals surface area contributed by atoms with Crippen molar-refractivity contribution in [3.63, 3.8) is 0 Å². The number of carboxylic acid groups (broad SMARTS) is 1. The quantitative estimate of drug-likeness (QED) is 0.480. The van der Waals surface area contributed by atoms with E-state index in [0.29, 0.717) is 0 Å². The summed E-state index contributed by atoms with van der Waals surface area (Å²) in [6.07, 6.45) is 1.57. The van der Waals surface area contributed by atoms with E-state index < -0.39 is 5.97 Å². The summed E-state index contributed by atoms with van der Waals surface area (Å²) in [5.41, 5.74) is 1.02. The molecule has 0 aliphatic carbocycles. The summed E-state index contributed by atoms with van der Waals surface area (Å²) in [5, 5.41) is 11.0.